The first-order chi connectivity index (χ1) is 24.2. The third kappa shape index (κ3) is 11.0. The average molecular weight is 657 g/mol. The van der Waals surface area contributed by atoms with Gasteiger partial charge in [0.15, 0.2) is 12.2 Å². The van der Waals surface area contributed by atoms with Crippen molar-refractivity contribution in [3.8, 4) is 46.3 Å². The second-order valence-corrected chi connectivity index (χ2v) is 10.7. The number of hydrogen-bond donors (Lipinski definition) is 0. The van der Waals surface area contributed by atoms with E-state index >= 15 is 0 Å². The Morgan fingerprint density at radius 1 is 0.367 bits per heavy atom. The Balaban J connectivity index is 1.04. The highest BCUT2D eigenvalue weighted by Gasteiger charge is 2.18. The molecule has 248 valence electrons. The normalized spacial score (nSPS) is 11.9. The van der Waals surface area contributed by atoms with Crippen molar-refractivity contribution in [1.82, 2.24) is 9.97 Å². The van der Waals surface area contributed by atoms with Gasteiger partial charge in [-0.3, -0.25) is 0 Å². The Bertz CT molecular complexity index is 1640. The highest BCUT2D eigenvalue weighted by Crippen LogP contribution is 2.25. The molecule has 4 aromatic carbocycles. The third-order valence-corrected chi connectivity index (χ3v) is 6.93. The molecule has 0 aliphatic carbocycles. The summed E-state index contributed by atoms with van der Waals surface area (Å²) in [6.07, 6.45) is 2.41. The topological polar surface area (TPSA) is 90.4 Å². The third-order valence-electron chi connectivity index (χ3n) is 6.93. The second-order valence-electron chi connectivity index (χ2n) is 10.7. The van der Waals surface area contributed by atoms with Crippen LogP contribution in [0.4, 0.5) is 0 Å². The summed E-state index contributed by atoms with van der Waals surface area (Å²) in [5.74, 6) is 5.21. The second kappa shape index (κ2) is 17.7. The fraction of sp³-hybridized carbons (Fsp3) is 0.150. The van der Waals surface area contributed by atoms with Crippen LogP contribution in [0.3, 0.4) is 0 Å². The van der Waals surface area contributed by atoms with Gasteiger partial charge in [-0.1, -0.05) is 48.5 Å². The van der Waals surface area contributed by atoms with Crippen LogP contribution >= 0.6 is 0 Å². The minimum absolute atomic E-state index is 0.208. The molecule has 9 nitrogen and oxygen atoms in total. The van der Waals surface area contributed by atoms with Crippen molar-refractivity contribution < 1.29 is 33.2 Å². The molecule has 0 fully saturated rings. The van der Waals surface area contributed by atoms with E-state index in [1.54, 1.807) is 24.5 Å². The molecule has 2 aromatic heterocycles. The maximum absolute atomic E-state index is 6.14. The van der Waals surface area contributed by atoms with Gasteiger partial charge in [0, 0.05) is 24.5 Å². The lowest BCUT2D eigenvalue weighted by molar-refractivity contribution is -0.0180. The van der Waals surface area contributed by atoms with Crippen LogP contribution in [0, 0.1) is 0 Å². The summed E-state index contributed by atoms with van der Waals surface area (Å²) >= 11 is 0. The van der Waals surface area contributed by atoms with Crippen molar-refractivity contribution in [3.05, 3.63) is 158 Å². The number of nitrogens with zero attached hydrogens (tertiary/aromatic N) is 2. The number of rotatable bonds is 18. The fourth-order valence-corrected chi connectivity index (χ4v) is 4.57. The van der Waals surface area contributed by atoms with Crippen LogP contribution in [0.2, 0.25) is 0 Å². The Morgan fingerprint density at radius 3 is 1.12 bits per heavy atom. The molecule has 49 heavy (non-hydrogen) atoms. The molecule has 2 unspecified atom stereocenters. The molecule has 0 saturated carbocycles. The van der Waals surface area contributed by atoms with Crippen LogP contribution in [-0.2, 0) is 4.74 Å². The molecule has 0 aliphatic heterocycles. The summed E-state index contributed by atoms with van der Waals surface area (Å²) < 4.78 is 42.4. The van der Waals surface area contributed by atoms with E-state index in [2.05, 4.69) is 9.97 Å². The van der Waals surface area contributed by atoms with Gasteiger partial charge in [-0.2, -0.15) is 0 Å². The smallest absolute Gasteiger partial charge is 0.213 e. The molecule has 0 spiro atoms. The molecule has 0 radical (unpaired) electrons. The van der Waals surface area contributed by atoms with E-state index in [1.807, 2.05) is 133 Å². The lowest BCUT2D eigenvalue weighted by Gasteiger charge is -2.22. The zero-order valence-electron chi connectivity index (χ0n) is 26.7. The maximum atomic E-state index is 6.14. The number of aromatic nitrogens is 2. The maximum Gasteiger partial charge on any atom is 0.213 e. The van der Waals surface area contributed by atoms with Gasteiger partial charge in [-0.05, 0) is 84.9 Å². The number of para-hydroxylation sites is 2. The molecule has 6 rings (SSSR count). The highest BCUT2D eigenvalue weighted by molar-refractivity contribution is 5.36. The van der Waals surface area contributed by atoms with E-state index in [1.165, 1.54) is 0 Å². The SMILES string of the molecule is c1ccc(Oc2ccc(OCC(COCC(COc3ccc(Oc4ccccc4)cc3)Oc3ccccn3)Oc3ccccn3)cc2)cc1. The number of pyridine rings is 2. The zero-order chi connectivity index (χ0) is 33.4. The van der Waals surface area contributed by atoms with Gasteiger partial charge in [-0.25, -0.2) is 9.97 Å². The van der Waals surface area contributed by atoms with Crippen LogP contribution < -0.4 is 28.4 Å². The van der Waals surface area contributed by atoms with Gasteiger partial charge in [0.2, 0.25) is 11.8 Å². The van der Waals surface area contributed by atoms with Gasteiger partial charge in [0.1, 0.15) is 47.7 Å². The number of hydrogen-bond acceptors (Lipinski definition) is 9. The van der Waals surface area contributed by atoms with Crippen LogP contribution in [0.25, 0.3) is 0 Å². The van der Waals surface area contributed by atoms with Crippen LogP contribution in [0.15, 0.2) is 158 Å². The molecule has 0 amide bonds. The van der Waals surface area contributed by atoms with Gasteiger partial charge in [0.25, 0.3) is 0 Å². The van der Waals surface area contributed by atoms with Gasteiger partial charge < -0.3 is 33.2 Å². The monoisotopic (exact) mass is 656 g/mol. The fourth-order valence-electron chi connectivity index (χ4n) is 4.57. The van der Waals surface area contributed by atoms with Crippen molar-refractivity contribution in [3.63, 3.8) is 0 Å². The molecule has 6 aromatic rings. The Morgan fingerprint density at radius 2 is 0.735 bits per heavy atom. The molecule has 0 saturated heterocycles. The lowest BCUT2D eigenvalue weighted by Crippen LogP contribution is -2.35. The first-order valence-corrected chi connectivity index (χ1v) is 15.9. The van der Waals surface area contributed by atoms with Crippen molar-refractivity contribution in [2.75, 3.05) is 26.4 Å². The highest BCUT2D eigenvalue weighted by atomic mass is 16.6. The van der Waals surface area contributed by atoms with E-state index in [-0.39, 0.29) is 26.4 Å². The average Bonchev–Trinajstić information content (AvgIpc) is 3.15. The summed E-state index contributed by atoms with van der Waals surface area (Å²) in [5.41, 5.74) is 0. The summed E-state index contributed by atoms with van der Waals surface area (Å²) in [5, 5.41) is 0. The van der Waals surface area contributed by atoms with E-state index in [0.717, 1.165) is 11.5 Å². The van der Waals surface area contributed by atoms with E-state index in [9.17, 15) is 0 Å². The van der Waals surface area contributed by atoms with Crippen molar-refractivity contribution >= 4 is 0 Å². The predicted octanol–water partition coefficient (Wildman–Crippen LogP) is 8.43. The summed E-state index contributed by atoms with van der Waals surface area (Å²) in [6, 6.07) is 45.0. The summed E-state index contributed by atoms with van der Waals surface area (Å²) in [7, 11) is 0. The molecule has 0 bridgehead atoms. The van der Waals surface area contributed by atoms with Crippen molar-refractivity contribution in [1.29, 1.82) is 0 Å². The molecular formula is C40H36N2O7. The summed E-state index contributed by atoms with van der Waals surface area (Å²) in [6.45, 7) is 0.850. The quantitative estimate of drug-likeness (QED) is 0.0904. The molecule has 2 heterocycles. The van der Waals surface area contributed by atoms with E-state index < -0.39 is 12.2 Å². The minimum atomic E-state index is -0.469. The first kappa shape index (κ1) is 32.9. The minimum Gasteiger partial charge on any atom is -0.490 e. The standard InChI is InChI=1S/C40H36N2O7/c1-3-11-33(12-4-1)46-35-21-17-31(18-22-35)44-29-37(48-39-15-7-9-25-41-39)27-43-28-38(49-40-16-8-10-26-42-40)30-45-32-19-23-36(24-20-32)47-34-13-5-2-6-14-34/h1-26,37-38H,27-30H2. The number of benzene rings is 4. The lowest BCUT2D eigenvalue weighted by atomic mass is 10.3. The van der Waals surface area contributed by atoms with Gasteiger partial charge in [0.05, 0.1) is 13.2 Å². The summed E-state index contributed by atoms with van der Waals surface area (Å²) in [4.78, 5) is 8.61. The van der Waals surface area contributed by atoms with Crippen molar-refractivity contribution in [2.45, 2.75) is 12.2 Å². The molecule has 0 N–H and O–H groups in total. The Hall–Kier alpha value is -6.06. The largest absolute Gasteiger partial charge is 0.490 e. The number of ether oxygens (including phenoxy) is 7. The molecule has 2 atom stereocenters. The Kier molecular flexibility index (Phi) is 11.9. The zero-order valence-corrected chi connectivity index (χ0v) is 26.7. The molecular weight excluding hydrogens is 620 g/mol. The van der Waals surface area contributed by atoms with E-state index in [0.29, 0.717) is 34.8 Å². The Labute approximate surface area is 285 Å². The predicted molar refractivity (Wildman–Crippen MR) is 185 cm³/mol. The molecule has 0 aliphatic rings. The first-order valence-electron chi connectivity index (χ1n) is 15.9. The molecule has 9 heteroatoms. The van der Waals surface area contributed by atoms with Crippen LogP contribution in [0.1, 0.15) is 0 Å². The van der Waals surface area contributed by atoms with Crippen molar-refractivity contribution in [2.24, 2.45) is 0 Å². The van der Waals surface area contributed by atoms with Crippen LogP contribution in [-0.4, -0.2) is 48.6 Å². The van der Waals surface area contributed by atoms with Gasteiger partial charge in [-0.15, -0.1) is 0 Å². The van der Waals surface area contributed by atoms with E-state index in [4.69, 9.17) is 33.2 Å². The van der Waals surface area contributed by atoms with Crippen LogP contribution in [0.5, 0.6) is 46.3 Å². The van der Waals surface area contributed by atoms with Gasteiger partial charge >= 0.3 is 0 Å².